The molecular weight excluding hydrogens is 418 g/mol. The molecule has 1 aliphatic carbocycles. The third-order valence-electron chi connectivity index (χ3n) is 6.22. The van der Waals surface area contributed by atoms with Crippen LogP contribution in [0.5, 0.6) is 0 Å². The topological polar surface area (TPSA) is 126 Å². The molecule has 3 N–H and O–H groups in total. The Bertz CT molecular complexity index is 1030. The number of aromatic nitrogens is 1. The summed E-state index contributed by atoms with van der Waals surface area (Å²) in [4.78, 5) is 30.3. The highest BCUT2D eigenvalue weighted by Crippen LogP contribution is 2.43. The number of unbranched alkanes of at least 4 members (excludes halogenated alkanes) is 8. The lowest BCUT2D eigenvalue weighted by molar-refractivity contribution is -0.120. The fourth-order valence-electron chi connectivity index (χ4n) is 4.40. The number of aliphatic hydroxyl groups is 1. The van der Waals surface area contributed by atoms with Gasteiger partial charge in [0.2, 0.25) is 17.4 Å². The van der Waals surface area contributed by atoms with Gasteiger partial charge in [0.15, 0.2) is 11.5 Å². The van der Waals surface area contributed by atoms with Crippen molar-refractivity contribution in [3.8, 4) is 6.07 Å². The molecular formula is C26H31N3O4. The quantitative estimate of drug-likeness (QED) is 0.358. The highest BCUT2D eigenvalue weighted by molar-refractivity contribution is 6.24. The highest BCUT2D eigenvalue weighted by atomic mass is 16.5. The number of rotatable bonds is 11. The average molecular weight is 450 g/mol. The molecule has 2 aliphatic rings. The van der Waals surface area contributed by atoms with E-state index in [2.05, 4.69) is 11.9 Å². The van der Waals surface area contributed by atoms with Gasteiger partial charge >= 0.3 is 0 Å². The first-order valence-corrected chi connectivity index (χ1v) is 11.7. The van der Waals surface area contributed by atoms with Crippen molar-refractivity contribution in [3.05, 3.63) is 64.2 Å². The first-order valence-electron chi connectivity index (χ1n) is 11.7. The van der Waals surface area contributed by atoms with Crippen molar-refractivity contribution in [2.75, 3.05) is 0 Å². The minimum absolute atomic E-state index is 0.0243. The van der Waals surface area contributed by atoms with Gasteiger partial charge in [0.1, 0.15) is 11.6 Å². The number of hydrogen-bond acceptors (Lipinski definition) is 7. The number of nitrogens with two attached hydrogens (primary N) is 1. The first-order chi connectivity index (χ1) is 16.0. The fourth-order valence-corrected chi connectivity index (χ4v) is 4.40. The zero-order valence-corrected chi connectivity index (χ0v) is 19.1. The number of nitrogens with zero attached hydrogens (tertiary/aromatic N) is 2. The number of allylic oxidation sites excluding steroid dienone is 3. The summed E-state index contributed by atoms with van der Waals surface area (Å²) >= 11 is 0. The van der Waals surface area contributed by atoms with Crippen LogP contribution in [-0.4, -0.2) is 21.7 Å². The fraction of sp³-hybridized carbons (Fsp3) is 0.462. The summed E-state index contributed by atoms with van der Waals surface area (Å²) in [5, 5.41) is 20.3. The largest absolute Gasteiger partial charge is 0.504 e. The van der Waals surface area contributed by atoms with Crippen LogP contribution in [0.3, 0.4) is 0 Å². The Morgan fingerprint density at radius 1 is 1.03 bits per heavy atom. The van der Waals surface area contributed by atoms with E-state index >= 15 is 0 Å². The van der Waals surface area contributed by atoms with Gasteiger partial charge in [-0.2, -0.15) is 5.26 Å². The van der Waals surface area contributed by atoms with Gasteiger partial charge < -0.3 is 15.6 Å². The molecule has 1 aromatic heterocycles. The van der Waals surface area contributed by atoms with E-state index in [9.17, 15) is 20.0 Å². The lowest BCUT2D eigenvalue weighted by Gasteiger charge is -2.30. The second-order valence-corrected chi connectivity index (χ2v) is 8.51. The summed E-state index contributed by atoms with van der Waals surface area (Å²) in [6, 6.07) is 5.26. The molecule has 0 bridgehead atoms. The Kier molecular flexibility index (Phi) is 8.42. The molecule has 1 aromatic rings. The van der Waals surface area contributed by atoms with E-state index in [4.69, 9.17) is 10.5 Å². The molecule has 1 aliphatic heterocycles. The van der Waals surface area contributed by atoms with Gasteiger partial charge in [-0.15, -0.1) is 0 Å². The van der Waals surface area contributed by atoms with E-state index in [1.54, 1.807) is 12.1 Å². The Morgan fingerprint density at radius 2 is 1.64 bits per heavy atom. The van der Waals surface area contributed by atoms with E-state index in [1.807, 2.05) is 6.07 Å². The Hall–Kier alpha value is -3.40. The highest BCUT2D eigenvalue weighted by Gasteiger charge is 2.44. The minimum Gasteiger partial charge on any atom is -0.504 e. The van der Waals surface area contributed by atoms with Gasteiger partial charge in [0.25, 0.3) is 0 Å². The van der Waals surface area contributed by atoms with Crippen molar-refractivity contribution >= 4 is 11.6 Å². The van der Waals surface area contributed by atoms with Gasteiger partial charge in [0, 0.05) is 18.0 Å². The van der Waals surface area contributed by atoms with Gasteiger partial charge in [-0.1, -0.05) is 58.3 Å². The van der Waals surface area contributed by atoms with Crippen LogP contribution in [0.1, 0.15) is 82.6 Å². The molecule has 0 saturated carbocycles. The van der Waals surface area contributed by atoms with E-state index in [1.165, 1.54) is 44.5 Å². The second-order valence-electron chi connectivity index (χ2n) is 8.51. The Balaban J connectivity index is 1.71. The van der Waals surface area contributed by atoms with Gasteiger partial charge in [0.05, 0.1) is 11.5 Å². The van der Waals surface area contributed by atoms with Crippen molar-refractivity contribution in [2.45, 2.75) is 77.0 Å². The number of ketones is 2. The van der Waals surface area contributed by atoms with Crippen LogP contribution in [0.4, 0.5) is 0 Å². The van der Waals surface area contributed by atoms with Crippen LogP contribution in [0.2, 0.25) is 0 Å². The number of carbonyl (C=O) groups is 2. The number of aliphatic hydroxyl groups excluding tert-OH is 1. The molecule has 7 heteroatoms. The predicted octanol–water partition coefficient (Wildman–Crippen LogP) is 5.03. The standard InChI is InChI=1S/C26H31N3O4/c1-2-3-4-5-6-7-8-9-10-11-18-22(30)24(32)21-20(17-12-14-29-15-13-17)19(16-27)26(28)33-25(21)23(18)31/h12-15,20,30H,2-11,28H2,1H3. The zero-order valence-electron chi connectivity index (χ0n) is 19.1. The molecule has 0 spiro atoms. The van der Waals surface area contributed by atoms with Crippen LogP contribution in [0, 0.1) is 11.3 Å². The van der Waals surface area contributed by atoms with E-state index in [0.717, 1.165) is 19.3 Å². The van der Waals surface area contributed by atoms with Gasteiger partial charge in [-0.25, -0.2) is 0 Å². The predicted molar refractivity (Wildman–Crippen MR) is 123 cm³/mol. The molecule has 0 aromatic carbocycles. The maximum atomic E-state index is 13.2. The maximum absolute atomic E-state index is 13.2. The summed E-state index contributed by atoms with van der Waals surface area (Å²) in [6.45, 7) is 2.20. The number of carbonyl (C=O) groups excluding carboxylic acids is 2. The normalized spacial score (nSPS) is 18.4. The molecule has 33 heavy (non-hydrogen) atoms. The summed E-state index contributed by atoms with van der Waals surface area (Å²) in [5.74, 6) is -3.09. The summed E-state index contributed by atoms with van der Waals surface area (Å²) in [6.07, 6.45) is 13.4. The third-order valence-corrected chi connectivity index (χ3v) is 6.22. The molecule has 7 nitrogen and oxygen atoms in total. The number of nitriles is 1. The van der Waals surface area contributed by atoms with Crippen molar-refractivity contribution in [1.82, 2.24) is 4.98 Å². The lowest BCUT2D eigenvalue weighted by atomic mass is 9.77. The Morgan fingerprint density at radius 3 is 2.24 bits per heavy atom. The van der Waals surface area contributed by atoms with Crippen LogP contribution in [0.25, 0.3) is 0 Å². The van der Waals surface area contributed by atoms with Crippen LogP contribution in [0.15, 0.2) is 58.6 Å². The third kappa shape index (κ3) is 5.33. The molecule has 1 atom stereocenters. The van der Waals surface area contributed by atoms with Crippen LogP contribution in [-0.2, 0) is 14.3 Å². The summed E-state index contributed by atoms with van der Waals surface area (Å²) < 4.78 is 5.48. The van der Waals surface area contributed by atoms with Crippen LogP contribution < -0.4 is 5.73 Å². The average Bonchev–Trinajstić information content (AvgIpc) is 2.83. The minimum atomic E-state index is -0.894. The lowest BCUT2D eigenvalue weighted by Crippen LogP contribution is -2.33. The Labute approximate surface area is 194 Å². The first kappa shape index (κ1) is 24.2. The van der Waals surface area contributed by atoms with Crippen molar-refractivity contribution < 1.29 is 19.4 Å². The van der Waals surface area contributed by atoms with Crippen molar-refractivity contribution in [2.24, 2.45) is 5.73 Å². The zero-order chi connectivity index (χ0) is 23.8. The van der Waals surface area contributed by atoms with E-state index < -0.39 is 23.2 Å². The van der Waals surface area contributed by atoms with Crippen molar-refractivity contribution in [1.29, 1.82) is 5.26 Å². The van der Waals surface area contributed by atoms with Gasteiger partial charge in [-0.3, -0.25) is 14.6 Å². The maximum Gasteiger partial charge on any atom is 0.228 e. The summed E-state index contributed by atoms with van der Waals surface area (Å²) in [5.41, 5.74) is 6.55. The second kappa shape index (κ2) is 11.5. The van der Waals surface area contributed by atoms with Crippen molar-refractivity contribution in [3.63, 3.8) is 0 Å². The monoisotopic (exact) mass is 449 g/mol. The van der Waals surface area contributed by atoms with E-state index in [0.29, 0.717) is 18.4 Å². The smallest absolute Gasteiger partial charge is 0.228 e. The molecule has 174 valence electrons. The van der Waals surface area contributed by atoms with Crippen LogP contribution >= 0.6 is 0 Å². The number of pyridine rings is 1. The summed E-state index contributed by atoms with van der Waals surface area (Å²) in [7, 11) is 0. The number of hydrogen-bond donors (Lipinski definition) is 2. The molecule has 0 amide bonds. The molecule has 0 saturated heterocycles. The molecule has 0 radical (unpaired) electrons. The number of ether oxygens (including phenoxy) is 1. The van der Waals surface area contributed by atoms with E-state index in [-0.39, 0.29) is 28.4 Å². The molecule has 3 rings (SSSR count). The SMILES string of the molecule is CCCCCCCCCCCC1=C(O)C(=O)C2=C(OC(N)=C(C#N)C2c2ccncc2)C1=O. The number of Topliss-reactive ketones (excluding diaryl/α,β-unsaturated/α-hetero) is 2. The molecule has 2 heterocycles. The molecule has 0 fully saturated rings. The van der Waals surface area contributed by atoms with Gasteiger partial charge in [-0.05, 0) is 30.5 Å². The molecule has 1 unspecified atom stereocenters.